The number of aliphatic hydroxyl groups is 2. The number of nitrogens with zero attached hydrogens (tertiary/aromatic N) is 1. The van der Waals surface area contributed by atoms with Gasteiger partial charge in [0.1, 0.15) is 19.8 Å². The summed E-state index contributed by atoms with van der Waals surface area (Å²) in [5.41, 5.74) is 0. The molecule has 11 nitrogen and oxygen atoms in total. The average Bonchev–Trinajstić information content (AvgIpc) is 3.17. The van der Waals surface area contributed by atoms with E-state index in [9.17, 15) is 29.3 Å². The maximum Gasteiger partial charge on any atom is 0.306 e. The number of unbranched alkanes of at least 4 members (excludes halogenated alkanes) is 14. The van der Waals surface area contributed by atoms with Crippen molar-refractivity contribution in [3.8, 4) is 0 Å². The number of hydrogen-bond acceptors (Lipinski definition) is 10. The fourth-order valence-electron chi connectivity index (χ4n) is 5.92. The Balaban J connectivity index is 4.58. The smallest absolute Gasteiger partial charge is 0.306 e. The number of likely N-dealkylation sites (N-methyl/N-ethyl adjacent to an activating group) is 1. The van der Waals surface area contributed by atoms with E-state index in [0.29, 0.717) is 17.4 Å². The van der Waals surface area contributed by atoms with Crippen LogP contribution in [0.2, 0.25) is 0 Å². The van der Waals surface area contributed by atoms with E-state index < -0.39 is 44.7 Å². The molecular weight excluding hydrogens is 757 g/mol. The third-order valence-electron chi connectivity index (χ3n) is 9.56. The molecule has 0 heterocycles. The zero-order valence-corrected chi connectivity index (χ0v) is 38.1. The Morgan fingerprint density at radius 2 is 1.10 bits per heavy atom. The summed E-state index contributed by atoms with van der Waals surface area (Å²) in [4.78, 5) is 37.6. The van der Waals surface area contributed by atoms with Crippen molar-refractivity contribution in [2.24, 2.45) is 0 Å². The number of carbonyl (C=O) groups excluding carboxylic acids is 2. The van der Waals surface area contributed by atoms with Crippen LogP contribution in [0.25, 0.3) is 0 Å². The van der Waals surface area contributed by atoms with Crippen LogP contribution >= 0.6 is 7.82 Å². The molecule has 0 aromatic carbocycles. The number of allylic oxidation sites excluding steroid dienone is 7. The van der Waals surface area contributed by atoms with Crippen molar-refractivity contribution in [2.45, 2.75) is 186 Å². The van der Waals surface area contributed by atoms with E-state index in [2.05, 4.69) is 50.3 Å². The van der Waals surface area contributed by atoms with Crippen molar-refractivity contribution < 1.29 is 52.3 Å². The Labute approximate surface area is 353 Å². The SMILES string of the molecule is CC/C=C\C/C=C\C/C=C\C/C=C\C[C@H](O)[C@@H](O)CCCC(=O)OC[C@H](COP(=O)([O-])OCC[N+](C)(C)C)OC(=O)CCCCCCCCCCCCCCCCC. The Morgan fingerprint density at radius 1 is 0.621 bits per heavy atom. The maximum absolute atomic E-state index is 12.7. The summed E-state index contributed by atoms with van der Waals surface area (Å²) < 4.78 is 33.7. The lowest BCUT2D eigenvalue weighted by Crippen LogP contribution is -2.37. The first kappa shape index (κ1) is 55.9. The van der Waals surface area contributed by atoms with Crippen LogP contribution in [0.4, 0.5) is 0 Å². The number of aliphatic hydroxyl groups excluding tert-OH is 2. The summed E-state index contributed by atoms with van der Waals surface area (Å²) >= 11 is 0. The number of phosphoric ester groups is 1. The number of rotatable bonds is 40. The minimum atomic E-state index is -4.69. The van der Waals surface area contributed by atoms with Gasteiger partial charge in [-0.1, -0.05) is 152 Å². The molecule has 0 aliphatic carbocycles. The van der Waals surface area contributed by atoms with Gasteiger partial charge in [-0.25, -0.2) is 0 Å². The molecule has 4 atom stereocenters. The summed E-state index contributed by atoms with van der Waals surface area (Å²) in [7, 11) is 1.01. The van der Waals surface area contributed by atoms with Crippen molar-refractivity contribution in [3.05, 3.63) is 48.6 Å². The van der Waals surface area contributed by atoms with Crippen LogP contribution in [0.1, 0.15) is 168 Å². The summed E-state index contributed by atoms with van der Waals surface area (Å²) in [5.74, 6) is -1.12. The van der Waals surface area contributed by atoms with Crippen molar-refractivity contribution in [1.29, 1.82) is 0 Å². The molecule has 12 heteroatoms. The standard InChI is InChI=1S/C46H84NO10P/c1-6-8-10-12-14-16-18-20-21-22-24-26-28-30-32-36-46(51)57-42(41-56-58(52,53)55-39-38-47(3,4)5)40-54-45(50)37-33-35-44(49)43(48)34-31-29-27-25-23-19-17-15-13-11-9-7-2/h9,11,15,17,23,25,29,31,42-44,48-49H,6-8,10,12-14,16,18-22,24,26-28,30,32-41H2,1-5H3/b11-9-,17-15-,25-23-,31-29-/t42-,43+,44+/m1/s1. The summed E-state index contributed by atoms with van der Waals surface area (Å²) in [6, 6.07) is 0. The molecule has 0 aromatic rings. The summed E-state index contributed by atoms with van der Waals surface area (Å²) in [5, 5.41) is 20.7. The Kier molecular flexibility index (Phi) is 36.5. The highest BCUT2D eigenvalue weighted by molar-refractivity contribution is 7.45. The van der Waals surface area contributed by atoms with Gasteiger partial charge in [-0.15, -0.1) is 0 Å². The van der Waals surface area contributed by atoms with Gasteiger partial charge >= 0.3 is 11.9 Å². The van der Waals surface area contributed by atoms with Gasteiger partial charge in [0.05, 0.1) is 40.0 Å². The first-order valence-corrected chi connectivity index (χ1v) is 24.0. The van der Waals surface area contributed by atoms with E-state index in [1.807, 2.05) is 33.3 Å². The highest BCUT2D eigenvalue weighted by atomic mass is 31.2. The molecule has 0 radical (unpaired) electrons. The van der Waals surface area contributed by atoms with Gasteiger partial charge in [0, 0.05) is 12.8 Å². The van der Waals surface area contributed by atoms with Crippen molar-refractivity contribution >= 4 is 19.8 Å². The number of ether oxygens (including phenoxy) is 2. The molecule has 0 spiro atoms. The van der Waals surface area contributed by atoms with Gasteiger partial charge in [-0.3, -0.25) is 14.2 Å². The van der Waals surface area contributed by atoms with Crippen LogP contribution in [0.5, 0.6) is 0 Å². The van der Waals surface area contributed by atoms with Gasteiger partial charge in [0.25, 0.3) is 7.82 Å². The Morgan fingerprint density at radius 3 is 1.62 bits per heavy atom. The second kappa shape index (κ2) is 37.9. The summed E-state index contributed by atoms with van der Waals surface area (Å²) in [6.07, 6.45) is 36.0. The summed E-state index contributed by atoms with van der Waals surface area (Å²) in [6.45, 7) is 3.78. The van der Waals surface area contributed by atoms with E-state index in [0.717, 1.165) is 44.9 Å². The third kappa shape index (κ3) is 39.4. The van der Waals surface area contributed by atoms with Gasteiger partial charge in [0.2, 0.25) is 0 Å². The quantitative estimate of drug-likeness (QED) is 0.0201. The van der Waals surface area contributed by atoms with Crippen molar-refractivity contribution in [1.82, 2.24) is 0 Å². The van der Waals surface area contributed by atoms with Crippen LogP contribution in [0, 0.1) is 0 Å². The van der Waals surface area contributed by atoms with E-state index in [4.69, 9.17) is 18.5 Å². The Bertz CT molecular complexity index is 1170. The number of hydrogen-bond donors (Lipinski definition) is 2. The molecule has 0 saturated heterocycles. The molecule has 0 aliphatic rings. The largest absolute Gasteiger partial charge is 0.756 e. The van der Waals surface area contributed by atoms with Crippen LogP contribution in [0.15, 0.2) is 48.6 Å². The lowest BCUT2D eigenvalue weighted by Gasteiger charge is -2.28. The molecule has 338 valence electrons. The molecule has 2 N–H and O–H groups in total. The average molecular weight is 842 g/mol. The van der Waals surface area contributed by atoms with Crippen LogP contribution < -0.4 is 4.89 Å². The lowest BCUT2D eigenvalue weighted by atomic mass is 10.0. The number of carbonyl (C=O) groups is 2. The molecule has 0 bridgehead atoms. The number of esters is 2. The van der Waals surface area contributed by atoms with Gasteiger partial charge in [-0.2, -0.15) is 0 Å². The number of quaternary nitrogens is 1. The first-order valence-electron chi connectivity index (χ1n) is 22.5. The molecule has 1 unspecified atom stereocenters. The zero-order valence-electron chi connectivity index (χ0n) is 37.2. The number of phosphoric acid groups is 1. The maximum atomic E-state index is 12.7. The van der Waals surface area contributed by atoms with Crippen LogP contribution in [0.3, 0.4) is 0 Å². The molecular formula is C46H84NO10P. The highest BCUT2D eigenvalue weighted by Crippen LogP contribution is 2.38. The monoisotopic (exact) mass is 842 g/mol. The van der Waals surface area contributed by atoms with E-state index >= 15 is 0 Å². The van der Waals surface area contributed by atoms with Crippen molar-refractivity contribution in [2.75, 3.05) is 47.5 Å². The van der Waals surface area contributed by atoms with E-state index in [1.54, 1.807) is 0 Å². The molecule has 58 heavy (non-hydrogen) atoms. The second-order valence-corrected chi connectivity index (χ2v) is 17.8. The van der Waals surface area contributed by atoms with Crippen LogP contribution in [-0.2, 0) is 32.7 Å². The second-order valence-electron chi connectivity index (χ2n) is 16.3. The molecule has 0 rings (SSSR count). The zero-order chi connectivity index (χ0) is 43.2. The lowest BCUT2D eigenvalue weighted by molar-refractivity contribution is -0.870. The topological polar surface area (TPSA) is 152 Å². The fraction of sp³-hybridized carbons (Fsp3) is 0.783. The van der Waals surface area contributed by atoms with Gasteiger partial charge in [0.15, 0.2) is 6.10 Å². The van der Waals surface area contributed by atoms with E-state index in [1.165, 1.54) is 70.6 Å². The van der Waals surface area contributed by atoms with Crippen LogP contribution in [-0.4, -0.2) is 92.5 Å². The molecule has 0 amide bonds. The molecule has 0 fully saturated rings. The normalized spacial score (nSPS) is 15.1. The molecule has 0 aromatic heterocycles. The van der Waals surface area contributed by atoms with E-state index in [-0.39, 0.29) is 45.3 Å². The molecule has 0 aliphatic heterocycles. The third-order valence-corrected chi connectivity index (χ3v) is 10.5. The van der Waals surface area contributed by atoms with Crippen molar-refractivity contribution in [3.63, 3.8) is 0 Å². The predicted octanol–water partition coefficient (Wildman–Crippen LogP) is 10.00. The minimum absolute atomic E-state index is 0.0391. The minimum Gasteiger partial charge on any atom is -0.756 e. The predicted molar refractivity (Wildman–Crippen MR) is 234 cm³/mol. The van der Waals surface area contributed by atoms with Gasteiger partial charge in [-0.05, 0) is 51.4 Å². The highest BCUT2D eigenvalue weighted by Gasteiger charge is 2.22. The fourth-order valence-corrected chi connectivity index (χ4v) is 6.65. The Hall–Kier alpha value is -2.11. The first-order chi connectivity index (χ1) is 27.8. The molecule has 0 saturated carbocycles. The van der Waals surface area contributed by atoms with Gasteiger partial charge < -0.3 is 38.1 Å².